The van der Waals surface area contributed by atoms with Crippen molar-refractivity contribution < 1.29 is 28.5 Å². The summed E-state index contributed by atoms with van der Waals surface area (Å²) in [5.41, 5.74) is 1.31. The Kier molecular flexibility index (Phi) is 8.30. The largest absolute Gasteiger partial charge is 0.527 e. The molecule has 3 atom stereocenters. The zero-order valence-electron chi connectivity index (χ0n) is 19.0. The zero-order valence-corrected chi connectivity index (χ0v) is 19.9. The van der Waals surface area contributed by atoms with E-state index < -0.39 is 38.0 Å². The second-order valence-corrected chi connectivity index (χ2v) is 9.34. The van der Waals surface area contributed by atoms with Crippen molar-refractivity contribution >= 4 is 14.0 Å². The van der Waals surface area contributed by atoms with Gasteiger partial charge in [0.15, 0.2) is 0 Å². The molecule has 0 aliphatic rings. The van der Waals surface area contributed by atoms with Crippen LogP contribution in [0.1, 0.15) is 37.6 Å². The summed E-state index contributed by atoms with van der Waals surface area (Å²) < 4.78 is 32.7. The van der Waals surface area contributed by atoms with Gasteiger partial charge in [-0.3, -0.25) is 9.36 Å². The summed E-state index contributed by atoms with van der Waals surface area (Å²) in [7, 11) is -1.25. The van der Waals surface area contributed by atoms with E-state index in [1.807, 2.05) is 44.2 Å². The molecule has 9 heteroatoms. The topological polar surface area (TPSA) is 102 Å². The number of aromatic nitrogens is 2. The quantitative estimate of drug-likeness (QED) is 0.354. The third-order valence-corrected chi connectivity index (χ3v) is 6.35. The predicted molar refractivity (Wildman–Crippen MR) is 127 cm³/mol. The molecule has 3 rings (SSSR count). The van der Waals surface area contributed by atoms with Crippen LogP contribution in [0.15, 0.2) is 54.6 Å². The van der Waals surface area contributed by atoms with Gasteiger partial charge in [-0.15, -0.1) is 4.52 Å². The van der Waals surface area contributed by atoms with Crippen molar-refractivity contribution in [2.45, 2.75) is 37.9 Å². The molecule has 176 valence electrons. The second kappa shape index (κ2) is 11.2. The molecule has 0 aliphatic carbocycles. The Balaban J connectivity index is 2.25. The Bertz CT molecular complexity index is 1230. The van der Waals surface area contributed by atoms with Crippen LogP contribution in [-0.4, -0.2) is 44.6 Å². The van der Waals surface area contributed by atoms with Crippen LogP contribution in [0.25, 0.3) is 17.1 Å². The summed E-state index contributed by atoms with van der Waals surface area (Å²) >= 11 is 0. The van der Waals surface area contributed by atoms with Crippen molar-refractivity contribution in [1.82, 2.24) is 9.55 Å². The van der Waals surface area contributed by atoms with Crippen molar-refractivity contribution in [2.75, 3.05) is 7.11 Å². The molecule has 1 aromatic heterocycles. The van der Waals surface area contributed by atoms with E-state index in [2.05, 4.69) is 11.8 Å². The van der Waals surface area contributed by atoms with Crippen molar-refractivity contribution in [1.29, 1.82) is 0 Å². The zero-order chi connectivity index (χ0) is 24.8. The van der Waals surface area contributed by atoms with Gasteiger partial charge in [-0.25, -0.2) is 9.37 Å². The number of halogens is 1. The van der Waals surface area contributed by atoms with E-state index in [1.54, 1.807) is 16.7 Å². The van der Waals surface area contributed by atoms with Gasteiger partial charge in [0.25, 0.3) is 5.66 Å². The van der Waals surface area contributed by atoms with Crippen molar-refractivity contribution in [3.8, 4) is 28.9 Å². The Morgan fingerprint density at radius 1 is 1.18 bits per heavy atom. The average molecular weight is 483 g/mol. The van der Waals surface area contributed by atoms with Crippen LogP contribution < -0.4 is 0 Å². The number of imidazole rings is 1. The highest BCUT2D eigenvalue weighted by molar-refractivity contribution is 7.40. The summed E-state index contributed by atoms with van der Waals surface area (Å²) in [4.78, 5) is 15.9. The summed E-state index contributed by atoms with van der Waals surface area (Å²) in [5, 5.41) is 19.4. The van der Waals surface area contributed by atoms with E-state index in [0.29, 0.717) is 22.9 Å². The van der Waals surface area contributed by atoms with Crippen LogP contribution in [-0.2, 0) is 13.9 Å². The lowest BCUT2D eigenvalue weighted by Gasteiger charge is -2.11. The van der Waals surface area contributed by atoms with Crippen LogP contribution in [0.3, 0.4) is 0 Å². The lowest BCUT2D eigenvalue weighted by atomic mass is 10.1. The molecule has 3 aromatic rings. The number of benzene rings is 2. The van der Waals surface area contributed by atoms with Gasteiger partial charge in [0.05, 0.1) is 19.2 Å². The highest BCUT2D eigenvalue weighted by Crippen LogP contribution is 2.33. The van der Waals surface area contributed by atoms with Crippen molar-refractivity contribution in [3.05, 3.63) is 71.8 Å². The Morgan fingerprint density at radius 2 is 1.82 bits per heavy atom. The molecule has 0 fully saturated rings. The first kappa shape index (κ1) is 25.3. The average Bonchev–Trinajstić information content (AvgIpc) is 3.19. The number of carboxylic acids is 1. The smallest absolute Gasteiger partial charge is 0.481 e. The first-order valence-electron chi connectivity index (χ1n) is 10.6. The lowest BCUT2D eigenvalue weighted by Crippen LogP contribution is -2.25. The number of nitrogens with zero attached hydrogens (tertiary/aromatic N) is 2. The van der Waals surface area contributed by atoms with Crippen LogP contribution >= 0.6 is 8.03 Å². The van der Waals surface area contributed by atoms with Gasteiger partial charge in [-0.1, -0.05) is 44.2 Å². The maximum atomic E-state index is 13.7. The normalized spacial score (nSPS) is 13.2. The number of hydrogen-bond acceptors (Lipinski definition) is 5. The van der Waals surface area contributed by atoms with Crippen LogP contribution in [0.2, 0.25) is 0 Å². The maximum absolute atomic E-state index is 13.7. The lowest BCUT2D eigenvalue weighted by molar-refractivity contribution is -0.139. The first-order chi connectivity index (χ1) is 16.2. The predicted octanol–water partition coefficient (Wildman–Crippen LogP) is 4.75. The molecule has 0 radical (unpaired) electrons. The number of rotatable bonds is 8. The van der Waals surface area contributed by atoms with E-state index in [0.717, 1.165) is 5.56 Å². The van der Waals surface area contributed by atoms with Crippen LogP contribution in [0.4, 0.5) is 4.39 Å². The third-order valence-electron chi connectivity index (χ3n) is 5.06. The number of aliphatic hydroxyl groups excluding tert-OH is 1. The number of hydrogen-bond donors (Lipinski definition) is 2. The molecular formula is C25H25FN2O5P+. The third kappa shape index (κ3) is 5.75. The van der Waals surface area contributed by atoms with Crippen LogP contribution in [0, 0.1) is 17.7 Å². The summed E-state index contributed by atoms with van der Waals surface area (Å²) in [6, 6.07) is 15.3. The number of carboxylic acid groups (broad SMARTS) is 1. The van der Waals surface area contributed by atoms with E-state index in [9.17, 15) is 18.9 Å². The fourth-order valence-electron chi connectivity index (χ4n) is 3.42. The van der Waals surface area contributed by atoms with E-state index >= 15 is 0 Å². The van der Waals surface area contributed by atoms with Crippen molar-refractivity contribution in [2.24, 2.45) is 0 Å². The monoisotopic (exact) mass is 483 g/mol. The standard InChI is InChI=1S/C25H24FN2O5P/c1-16(2)24-20(13-14-22(34(32)33-3)21(29)15-23(30)31)28(19-11-9-18(26)10-12-19)25(27-24)17-7-5-4-6-8-17/h4-12,16,21-22,29H,15H2,1-3H3/p+1. The van der Waals surface area contributed by atoms with E-state index in [1.165, 1.54) is 19.2 Å². The maximum Gasteiger partial charge on any atom is 0.527 e. The number of aliphatic carboxylic acids is 1. The highest BCUT2D eigenvalue weighted by atomic mass is 31.1. The van der Waals surface area contributed by atoms with Gasteiger partial charge >= 0.3 is 14.0 Å². The van der Waals surface area contributed by atoms with Gasteiger partial charge < -0.3 is 10.2 Å². The van der Waals surface area contributed by atoms with E-state index in [-0.39, 0.29) is 5.92 Å². The highest BCUT2D eigenvalue weighted by Gasteiger charge is 2.38. The molecule has 0 spiro atoms. The summed E-state index contributed by atoms with van der Waals surface area (Å²) in [6.45, 7) is 3.90. The molecule has 0 bridgehead atoms. The summed E-state index contributed by atoms with van der Waals surface area (Å²) in [6.07, 6.45) is -2.13. The molecule has 0 aliphatic heterocycles. The van der Waals surface area contributed by atoms with E-state index in [4.69, 9.17) is 14.6 Å². The minimum absolute atomic E-state index is 0.0490. The van der Waals surface area contributed by atoms with Gasteiger partial charge in [0.2, 0.25) is 0 Å². The fraction of sp³-hybridized carbons (Fsp3) is 0.280. The molecule has 7 nitrogen and oxygen atoms in total. The first-order valence-corrected chi connectivity index (χ1v) is 11.8. The molecule has 34 heavy (non-hydrogen) atoms. The minimum atomic E-state index is -2.45. The van der Waals surface area contributed by atoms with Gasteiger partial charge in [-0.05, 0) is 46.6 Å². The summed E-state index contributed by atoms with van der Waals surface area (Å²) in [5.74, 6) is 4.64. The van der Waals surface area contributed by atoms with Gasteiger partial charge in [0, 0.05) is 11.3 Å². The van der Waals surface area contributed by atoms with Gasteiger partial charge in [-0.2, -0.15) is 0 Å². The fourth-order valence-corrected chi connectivity index (χ4v) is 4.20. The minimum Gasteiger partial charge on any atom is -0.481 e. The Hall–Kier alpha value is -3.37. The molecule has 0 saturated heterocycles. The van der Waals surface area contributed by atoms with Crippen molar-refractivity contribution in [3.63, 3.8) is 0 Å². The molecule has 3 unspecified atom stereocenters. The molecule has 0 amide bonds. The Labute approximate surface area is 198 Å². The molecular weight excluding hydrogens is 458 g/mol. The Morgan fingerprint density at radius 3 is 2.38 bits per heavy atom. The molecule has 2 N–H and O–H groups in total. The SMILES string of the molecule is CO[P+](=O)C(C#Cc1c(C(C)C)nc(-c2ccccc2)n1-c1ccc(F)cc1)C(O)CC(=O)O. The molecule has 0 saturated carbocycles. The molecule has 1 heterocycles. The molecule has 2 aromatic carbocycles. The second-order valence-electron chi connectivity index (χ2n) is 7.85. The number of aliphatic hydroxyl groups is 1. The van der Waals surface area contributed by atoms with Crippen LogP contribution in [0.5, 0.6) is 0 Å². The number of carbonyl (C=O) groups is 1. The van der Waals surface area contributed by atoms with Gasteiger partial charge in [0.1, 0.15) is 23.4 Å².